The number of nitrogens with one attached hydrogen (secondary N) is 1. The fourth-order valence-corrected chi connectivity index (χ4v) is 3.24. The number of carbonyl (C=O) groups is 1. The fourth-order valence-electron chi connectivity index (χ4n) is 3.24. The van der Waals surface area contributed by atoms with Gasteiger partial charge in [-0.25, -0.2) is 0 Å². The molecule has 1 unspecified atom stereocenters. The molecule has 0 saturated heterocycles. The first-order valence-corrected chi connectivity index (χ1v) is 7.63. The van der Waals surface area contributed by atoms with E-state index < -0.39 is 5.41 Å². The maximum Gasteiger partial charge on any atom is 0.235 e. The van der Waals surface area contributed by atoms with Gasteiger partial charge < -0.3 is 11.1 Å². The molecule has 1 amide bonds. The standard InChI is InChI=1S/C16H18N2O.C2H6/c1-11-9-16(10-12(11)5-4-8-17)13-6-2-3-7-14(13)18-15(16)19;1-2/h2-7H,8-10,17H2,1H3,(H,18,19);1-2H3/b5-4-;. The fraction of sp³-hybridized carbons (Fsp3) is 0.389. The number of hydrogen-bond donors (Lipinski definition) is 2. The van der Waals surface area contributed by atoms with Crippen molar-refractivity contribution in [1.82, 2.24) is 0 Å². The first-order chi connectivity index (χ1) is 10.2. The molecule has 0 fully saturated rings. The molecular weight excluding hydrogens is 260 g/mol. The highest BCUT2D eigenvalue weighted by Gasteiger charge is 2.49. The highest BCUT2D eigenvalue weighted by atomic mass is 16.2. The Morgan fingerprint density at radius 2 is 2.00 bits per heavy atom. The number of allylic oxidation sites excluding steroid dienone is 3. The Morgan fingerprint density at radius 3 is 2.71 bits per heavy atom. The van der Waals surface area contributed by atoms with E-state index in [-0.39, 0.29) is 5.91 Å². The second kappa shape index (κ2) is 6.27. The topological polar surface area (TPSA) is 55.1 Å². The predicted octanol–water partition coefficient (Wildman–Crippen LogP) is 3.53. The highest BCUT2D eigenvalue weighted by molar-refractivity contribution is 6.07. The average molecular weight is 284 g/mol. The summed E-state index contributed by atoms with van der Waals surface area (Å²) in [5.41, 5.74) is 9.75. The summed E-state index contributed by atoms with van der Waals surface area (Å²) in [7, 11) is 0. The van der Waals surface area contributed by atoms with E-state index in [2.05, 4.69) is 24.4 Å². The zero-order valence-corrected chi connectivity index (χ0v) is 13.1. The van der Waals surface area contributed by atoms with Crippen LogP contribution in [0.25, 0.3) is 0 Å². The first kappa shape index (κ1) is 15.5. The molecule has 3 heteroatoms. The Kier molecular flexibility index (Phi) is 4.63. The maximum atomic E-state index is 12.4. The molecule has 1 aromatic rings. The van der Waals surface area contributed by atoms with Gasteiger partial charge in [-0.05, 0) is 37.0 Å². The van der Waals surface area contributed by atoms with Crippen LogP contribution in [0.5, 0.6) is 0 Å². The van der Waals surface area contributed by atoms with E-state index in [4.69, 9.17) is 5.73 Å². The molecule has 1 aliphatic carbocycles. The quantitative estimate of drug-likeness (QED) is 0.873. The van der Waals surface area contributed by atoms with E-state index in [9.17, 15) is 4.79 Å². The van der Waals surface area contributed by atoms with Crippen LogP contribution in [0.15, 0.2) is 47.6 Å². The van der Waals surface area contributed by atoms with E-state index in [1.54, 1.807) is 0 Å². The Morgan fingerprint density at radius 1 is 1.29 bits per heavy atom. The number of hydrogen-bond acceptors (Lipinski definition) is 2. The van der Waals surface area contributed by atoms with Crippen molar-refractivity contribution in [3.8, 4) is 0 Å². The van der Waals surface area contributed by atoms with Crippen LogP contribution in [0, 0.1) is 0 Å². The van der Waals surface area contributed by atoms with Crippen LogP contribution in [-0.4, -0.2) is 12.5 Å². The Bertz CT molecular complexity index is 601. The van der Waals surface area contributed by atoms with Crippen molar-refractivity contribution in [2.45, 2.75) is 39.0 Å². The molecule has 3 rings (SSSR count). The molecule has 0 saturated carbocycles. The molecule has 112 valence electrons. The van der Waals surface area contributed by atoms with E-state index in [1.807, 2.05) is 38.1 Å². The van der Waals surface area contributed by atoms with Crippen molar-refractivity contribution < 1.29 is 4.79 Å². The Balaban J connectivity index is 0.000000774. The highest BCUT2D eigenvalue weighted by Crippen LogP contribution is 2.50. The minimum Gasteiger partial charge on any atom is -0.327 e. The van der Waals surface area contributed by atoms with Crippen molar-refractivity contribution >= 4 is 11.6 Å². The molecule has 1 aliphatic heterocycles. The maximum absolute atomic E-state index is 12.4. The summed E-state index contributed by atoms with van der Waals surface area (Å²) in [5, 5.41) is 3.01. The summed E-state index contributed by atoms with van der Waals surface area (Å²) in [4.78, 5) is 12.4. The van der Waals surface area contributed by atoms with E-state index in [1.165, 1.54) is 11.1 Å². The molecule has 0 aromatic heterocycles. The molecular formula is C18H24N2O. The lowest BCUT2D eigenvalue weighted by molar-refractivity contribution is -0.120. The van der Waals surface area contributed by atoms with Crippen LogP contribution in [-0.2, 0) is 10.2 Å². The summed E-state index contributed by atoms with van der Waals surface area (Å²) in [6, 6.07) is 8.01. The Hall–Kier alpha value is -1.87. The van der Waals surface area contributed by atoms with E-state index >= 15 is 0 Å². The summed E-state index contributed by atoms with van der Waals surface area (Å²) >= 11 is 0. The molecule has 1 aromatic carbocycles. The zero-order valence-electron chi connectivity index (χ0n) is 13.1. The smallest absolute Gasteiger partial charge is 0.235 e. The van der Waals surface area contributed by atoms with Gasteiger partial charge >= 0.3 is 0 Å². The number of anilines is 1. The third kappa shape index (κ3) is 2.54. The first-order valence-electron chi connectivity index (χ1n) is 7.63. The third-order valence-electron chi connectivity index (χ3n) is 4.19. The molecule has 21 heavy (non-hydrogen) atoms. The van der Waals surface area contributed by atoms with Crippen molar-refractivity contribution in [3.05, 3.63) is 53.1 Å². The largest absolute Gasteiger partial charge is 0.327 e. The number of fused-ring (bicyclic) bond motifs is 2. The van der Waals surface area contributed by atoms with Crippen LogP contribution in [0.2, 0.25) is 0 Å². The van der Waals surface area contributed by atoms with E-state index in [0.717, 1.165) is 24.1 Å². The normalized spacial score (nSPS) is 23.3. The number of amides is 1. The van der Waals surface area contributed by atoms with Crippen LogP contribution in [0.4, 0.5) is 5.69 Å². The molecule has 3 N–H and O–H groups in total. The minimum atomic E-state index is -0.394. The lowest BCUT2D eigenvalue weighted by Gasteiger charge is -2.21. The second-order valence-electron chi connectivity index (χ2n) is 5.38. The molecule has 3 nitrogen and oxygen atoms in total. The van der Waals surface area contributed by atoms with Gasteiger partial charge in [0, 0.05) is 12.2 Å². The van der Waals surface area contributed by atoms with E-state index in [0.29, 0.717) is 6.54 Å². The van der Waals surface area contributed by atoms with Gasteiger partial charge in [0.25, 0.3) is 0 Å². The minimum absolute atomic E-state index is 0.129. The summed E-state index contributed by atoms with van der Waals surface area (Å²) in [6.45, 7) is 6.64. The van der Waals surface area contributed by atoms with Crippen LogP contribution >= 0.6 is 0 Å². The van der Waals surface area contributed by atoms with Crippen molar-refractivity contribution in [3.63, 3.8) is 0 Å². The predicted molar refractivity (Wildman–Crippen MR) is 88.2 cm³/mol. The van der Waals surface area contributed by atoms with Gasteiger partial charge in [0.15, 0.2) is 0 Å². The number of carbonyl (C=O) groups excluding carboxylic acids is 1. The monoisotopic (exact) mass is 284 g/mol. The third-order valence-corrected chi connectivity index (χ3v) is 4.19. The van der Waals surface area contributed by atoms with Crippen LogP contribution < -0.4 is 11.1 Å². The summed E-state index contributed by atoms with van der Waals surface area (Å²) < 4.78 is 0. The summed E-state index contributed by atoms with van der Waals surface area (Å²) in [6.07, 6.45) is 5.60. The summed E-state index contributed by atoms with van der Waals surface area (Å²) in [5.74, 6) is 0.129. The molecule has 1 atom stereocenters. The number of para-hydroxylation sites is 1. The number of rotatable bonds is 2. The van der Waals surface area contributed by atoms with Crippen LogP contribution in [0.3, 0.4) is 0 Å². The number of nitrogens with two attached hydrogens (primary N) is 1. The van der Waals surface area contributed by atoms with Gasteiger partial charge in [-0.2, -0.15) is 0 Å². The van der Waals surface area contributed by atoms with Gasteiger partial charge in [0.2, 0.25) is 5.91 Å². The van der Waals surface area contributed by atoms with Crippen molar-refractivity contribution in [2.75, 3.05) is 11.9 Å². The van der Waals surface area contributed by atoms with Crippen molar-refractivity contribution in [1.29, 1.82) is 0 Å². The van der Waals surface area contributed by atoms with Gasteiger partial charge in [-0.3, -0.25) is 4.79 Å². The molecule has 2 aliphatic rings. The lowest BCUT2D eigenvalue weighted by Crippen LogP contribution is -2.32. The Labute approximate surface area is 126 Å². The lowest BCUT2D eigenvalue weighted by atomic mass is 9.78. The zero-order chi connectivity index (χ0) is 15.5. The van der Waals surface area contributed by atoms with Crippen molar-refractivity contribution in [2.24, 2.45) is 5.73 Å². The molecule has 0 bridgehead atoms. The average Bonchev–Trinajstić information content (AvgIpc) is 2.98. The molecule has 1 heterocycles. The molecule has 0 radical (unpaired) electrons. The second-order valence-corrected chi connectivity index (χ2v) is 5.38. The van der Waals surface area contributed by atoms with Gasteiger partial charge in [0.05, 0.1) is 5.41 Å². The SMILES string of the molecule is CC.CC1=C(/C=C\CN)CC2(C1)C(=O)Nc1ccccc12. The number of benzene rings is 1. The van der Waals surface area contributed by atoms with Gasteiger partial charge in [-0.15, -0.1) is 0 Å². The van der Waals surface area contributed by atoms with Gasteiger partial charge in [0.1, 0.15) is 0 Å². The van der Waals surface area contributed by atoms with Crippen LogP contribution in [0.1, 0.15) is 39.2 Å². The van der Waals surface area contributed by atoms with Gasteiger partial charge in [-0.1, -0.05) is 49.8 Å². The molecule has 1 spiro atoms.